The lowest BCUT2D eigenvalue weighted by Gasteiger charge is -2.30. The fraction of sp³-hybridized carbons (Fsp3) is 0.769. The Kier molecular flexibility index (Phi) is 4.31. The molecule has 0 bridgehead atoms. The molecule has 1 unspecified atom stereocenters. The highest BCUT2D eigenvalue weighted by Crippen LogP contribution is 2.25. The molecule has 0 amide bonds. The molecule has 0 aromatic carbocycles. The number of morpholine rings is 1. The lowest BCUT2D eigenvalue weighted by molar-refractivity contribution is -0.0117. The normalized spacial score (nSPS) is 21.0. The fourth-order valence-electron chi connectivity index (χ4n) is 2.31. The maximum atomic E-state index is 6.09. The van der Waals surface area contributed by atoms with Crippen molar-refractivity contribution >= 4 is 11.5 Å². The van der Waals surface area contributed by atoms with Crippen molar-refractivity contribution in [1.82, 2.24) is 14.7 Å². The standard InChI is InChI=1S/C13H25N5O/c1-9(2)18-13(12(14)10(3)16-18)15-7-11-8-17(4)5-6-19-11/h9,11,15H,5-8,14H2,1-4H3. The molecule has 0 spiro atoms. The predicted molar refractivity (Wildman–Crippen MR) is 77.5 cm³/mol. The molecule has 1 aromatic heterocycles. The van der Waals surface area contributed by atoms with Crippen molar-refractivity contribution in [2.75, 3.05) is 44.3 Å². The van der Waals surface area contributed by atoms with E-state index in [1.165, 1.54) is 0 Å². The van der Waals surface area contributed by atoms with Gasteiger partial charge in [-0.25, -0.2) is 4.68 Å². The highest BCUT2D eigenvalue weighted by molar-refractivity contribution is 5.64. The molecule has 1 aliphatic heterocycles. The Bertz CT molecular complexity index is 429. The Morgan fingerprint density at radius 2 is 2.26 bits per heavy atom. The van der Waals surface area contributed by atoms with Crippen LogP contribution in [0.5, 0.6) is 0 Å². The summed E-state index contributed by atoms with van der Waals surface area (Å²) >= 11 is 0. The summed E-state index contributed by atoms with van der Waals surface area (Å²) < 4.78 is 7.68. The average molecular weight is 267 g/mol. The molecule has 1 aromatic rings. The molecule has 0 aliphatic carbocycles. The number of likely N-dealkylation sites (N-methyl/N-ethyl adjacent to an activating group) is 1. The van der Waals surface area contributed by atoms with Gasteiger partial charge in [-0.15, -0.1) is 0 Å². The largest absolute Gasteiger partial charge is 0.394 e. The van der Waals surface area contributed by atoms with Crippen molar-refractivity contribution in [1.29, 1.82) is 0 Å². The minimum atomic E-state index is 0.203. The van der Waals surface area contributed by atoms with Crippen molar-refractivity contribution in [3.05, 3.63) is 5.69 Å². The van der Waals surface area contributed by atoms with Crippen LogP contribution in [0.3, 0.4) is 0 Å². The number of hydrogen-bond donors (Lipinski definition) is 2. The SMILES string of the molecule is Cc1nn(C(C)C)c(NCC2CN(C)CCO2)c1N. The van der Waals surface area contributed by atoms with Gasteiger partial charge in [0, 0.05) is 25.7 Å². The van der Waals surface area contributed by atoms with Gasteiger partial charge in [0.1, 0.15) is 5.82 Å². The fourth-order valence-corrected chi connectivity index (χ4v) is 2.31. The molecular weight excluding hydrogens is 242 g/mol. The Balaban J connectivity index is 2.02. The summed E-state index contributed by atoms with van der Waals surface area (Å²) in [5.74, 6) is 0.907. The van der Waals surface area contributed by atoms with Crippen LogP contribution in [0.1, 0.15) is 25.6 Å². The molecule has 2 heterocycles. The number of nitrogens with one attached hydrogen (secondary N) is 1. The van der Waals surface area contributed by atoms with Crippen LogP contribution in [-0.4, -0.2) is 54.1 Å². The Hall–Kier alpha value is -1.27. The van der Waals surface area contributed by atoms with Gasteiger partial charge in [0.15, 0.2) is 0 Å². The molecule has 1 fully saturated rings. The minimum Gasteiger partial charge on any atom is -0.394 e. The first-order chi connectivity index (χ1) is 8.99. The number of nitrogens with zero attached hydrogens (tertiary/aromatic N) is 3. The zero-order valence-corrected chi connectivity index (χ0v) is 12.3. The summed E-state index contributed by atoms with van der Waals surface area (Å²) in [6, 6.07) is 0.286. The molecule has 3 N–H and O–H groups in total. The topological polar surface area (TPSA) is 68.3 Å². The minimum absolute atomic E-state index is 0.203. The van der Waals surface area contributed by atoms with Gasteiger partial charge < -0.3 is 20.7 Å². The van der Waals surface area contributed by atoms with E-state index in [1.807, 2.05) is 11.6 Å². The van der Waals surface area contributed by atoms with E-state index in [0.29, 0.717) is 0 Å². The number of nitrogens with two attached hydrogens (primary N) is 1. The zero-order valence-electron chi connectivity index (χ0n) is 12.3. The van der Waals surface area contributed by atoms with Crippen LogP contribution in [-0.2, 0) is 4.74 Å². The van der Waals surface area contributed by atoms with Crippen LogP contribution in [0.15, 0.2) is 0 Å². The highest BCUT2D eigenvalue weighted by Gasteiger charge is 2.20. The van der Waals surface area contributed by atoms with Crippen molar-refractivity contribution < 1.29 is 4.74 Å². The van der Waals surface area contributed by atoms with Crippen molar-refractivity contribution in [2.24, 2.45) is 0 Å². The molecule has 1 saturated heterocycles. The molecule has 0 saturated carbocycles. The Morgan fingerprint density at radius 3 is 2.89 bits per heavy atom. The molecule has 6 heteroatoms. The monoisotopic (exact) mass is 267 g/mol. The van der Waals surface area contributed by atoms with Gasteiger partial charge in [-0.3, -0.25) is 0 Å². The van der Waals surface area contributed by atoms with Crippen molar-refractivity contribution in [3.63, 3.8) is 0 Å². The second-order valence-corrected chi connectivity index (χ2v) is 5.52. The molecule has 6 nitrogen and oxygen atoms in total. The van der Waals surface area contributed by atoms with E-state index < -0.39 is 0 Å². The number of aromatic nitrogens is 2. The van der Waals surface area contributed by atoms with Gasteiger partial charge in [-0.05, 0) is 27.8 Å². The molecular formula is C13H25N5O. The summed E-state index contributed by atoms with van der Waals surface area (Å²) in [6.07, 6.45) is 0.203. The molecule has 108 valence electrons. The van der Waals surface area contributed by atoms with Crippen LogP contribution in [0.4, 0.5) is 11.5 Å². The van der Waals surface area contributed by atoms with E-state index in [0.717, 1.165) is 43.4 Å². The van der Waals surface area contributed by atoms with Gasteiger partial charge in [0.05, 0.1) is 24.1 Å². The molecule has 0 radical (unpaired) electrons. The third-order valence-electron chi connectivity index (χ3n) is 3.46. The maximum Gasteiger partial charge on any atom is 0.148 e. The third-order valence-corrected chi connectivity index (χ3v) is 3.46. The summed E-state index contributed by atoms with van der Waals surface area (Å²) in [5.41, 5.74) is 7.69. The van der Waals surface area contributed by atoms with Gasteiger partial charge >= 0.3 is 0 Å². The summed E-state index contributed by atoms with van der Waals surface area (Å²) in [6.45, 7) is 9.63. The summed E-state index contributed by atoms with van der Waals surface area (Å²) in [5, 5.41) is 7.86. The first-order valence-electron chi connectivity index (χ1n) is 6.87. The van der Waals surface area contributed by atoms with Crippen molar-refractivity contribution in [3.8, 4) is 0 Å². The molecule has 2 rings (SSSR count). The quantitative estimate of drug-likeness (QED) is 0.855. The van der Waals surface area contributed by atoms with Gasteiger partial charge in [0.2, 0.25) is 0 Å². The Labute approximate surface area is 114 Å². The van der Waals surface area contributed by atoms with Crippen LogP contribution >= 0.6 is 0 Å². The second-order valence-electron chi connectivity index (χ2n) is 5.52. The van der Waals surface area contributed by atoms with E-state index >= 15 is 0 Å². The number of anilines is 2. The van der Waals surface area contributed by atoms with E-state index in [1.54, 1.807) is 0 Å². The average Bonchev–Trinajstić information content (AvgIpc) is 2.64. The number of ether oxygens (including phenoxy) is 1. The smallest absolute Gasteiger partial charge is 0.148 e. The first-order valence-corrected chi connectivity index (χ1v) is 6.87. The number of rotatable bonds is 4. The molecule has 1 atom stereocenters. The van der Waals surface area contributed by atoms with Crippen molar-refractivity contribution in [2.45, 2.75) is 32.9 Å². The number of aryl methyl sites for hydroxylation is 1. The highest BCUT2D eigenvalue weighted by atomic mass is 16.5. The van der Waals surface area contributed by atoms with Gasteiger partial charge in [-0.1, -0.05) is 0 Å². The van der Waals surface area contributed by atoms with Crippen LogP contribution in [0.25, 0.3) is 0 Å². The zero-order chi connectivity index (χ0) is 14.0. The van der Waals surface area contributed by atoms with E-state index in [9.17, 15) is 0 Å². The van der Waals surface area contributed by atoms with Gasteiger partial charge in [0.25, 0.3) is 0 Å². The van der Waals surface area contributed by atoms with E-state index in [-0.39, 0.29) is 12.1 Å². The lowest BCUT2D eigenvalue weighted by Crippen LogP contribution is -2.43. The second kappa shape index (κ2) is 5.79. The third kappa shape index (κ3) is 3.19. The maximum absolute atomic E-state index is 6.09. The predicted octanol–water partition coefficient (Wildman–Crippen LogP) is 1.10. The summed E-state index contributed by atoms with van der Waals surface area (Å²) in [7, 11) is 2.12. The molecule has 19 heavy (non-hydrogen) atoms. The van der Waals surface area contributed by atoms with E-state index in [4.69, 9.17) is 10.5 Å². The van der Waals surface area contributed by atoms with Crippen LogP contribution in [0.2, 0.25) is 0 Å². The first kappa shape index (κ1) is 14.1. The van der Waals surface area contributed by atoms with Crippen LogP contribution < -0.4 is 11.1 Å². The number of hydrogen-bond acceptors (Lipinski definition) is 5. The van der Waals surface area contributed by atoms with Gasteiger partial charge in [-0.2, -0.15) is 5.10 Å². The lowest BCUT2D eigenvalue weighted by atomic mass is 10.2. The molecule has 1 aliphatic rings. The van der Waals surface area contributed by atoms with Crippen LogP contribution in [0, 0.1) is 6.92 Å². The number of nitrogen functional groups attached to an aromatic ring is 1. The Morgan fingerprint density at radius 1 is 1.53 bits per heavy atom. The van der Waals surface area contributed by atoms with E-state index in [2.05, 4.69) is 36.2 Å². The summed E-state index contributed by atoms with van der Waals surface area (Å²) in [4.78, 5) is 2.28.